The van der Waals surface area contributed by atoms with Crippen molar-refractivity contribution < 1.29 is 0 Å². The maximum absolute atomic E-state index is 5.39. The zero-order chi connectivity index (χ0) is 15.2. The molecule has 2 aromatic carbocycles. The first-order valence-electron chi connectivity index (χ1n) is 7.32. The Labute approximate surface area is 132 Å². The molecule has 0 radical (unpaired) electrons. The third-order valence-corrected chi connectivity index (χ3v) is 3.84. The largest absolute Gasteiger partial charge is 0.356 e. The Kier molecular flexibility index (Phi) is 5.34. The molecule has 0 saturated carbocycles. The first-order valence-corrected chi connectivity index (χ1v) is 7.73. The molecule has 0 heterocycles. The third kappa shape index (κ3) is 4.30. The number of thiocarbonyl (C=S) groups is 1. The highest BCUT2D eigenvalue weighted by Crippen LogP contribution is 2.17. The van der Waals surface area contributed by atoms with E-state index in [9.17, 15) is 0 Å². The van der Waals surface area contributed by atoms with Crippen LogP contribution in [0.3, 0.4) is 0 Å². The van der Waals surface area contributed by atoms with Crippen LogP contribution in [0.1, 0.15) is 36.6 Å². The maximum Gasteiger partial charge on any atom is 0.171 e. The summed E-state index contributed by atoms with van der Waals surface area (Å²) in [5.74, 6) is 0. The topological polar surface area (TPSA) is 24.1 Å². The van der Waals surface area contributed by atoms with E-state index in [1.807, 2.05) is 0 Å². The van der Waals surface area contributed by atoms with Gasteiger partial charge < -0.3 is 10.6 Å². The first kappa shape index (κ1) is 15.5. The summed E-state index contributed by atoms with van der Waals surface area (Å²) in [6.07, 6.45) is 1.05. The fraction of sp³-hybridized carbons (Fsp3) is 0.278. The highest BCUT2D eigenvalue weighted by Gasteiger charge is 2.09. The summed E-state index contributed by atoms with van der Waals surface area (Å²) in [5, 5.41) is 7.22. The molecule has 2 aromatic rings. The van der Waals surface area contributed by atoms with E-state index in [0.29, 0.717) is 5.11 Å². The van der Waals surface area contributed by atoms with E-state index in [1.54, 1.807) is 0 Å². The average Bonchev–Trinajstić information content (AvgIpc) is 2.48. The minimum atomic E-state index is 0.182. The summed E-state index contributed by atoms with van der Waals surface area (Å²) in [5.41, 5.74) is 4.88. The average molecular weight is 298 g/mol. The molecule has 0 unspecified atom stereocenters. The van der Waals surface area contributed by atoms with Crippen molar-refractivity contribution in [3.8, 4) is 0 Å². The van der Waals surface area contributed by atoms with Crippen molar-refractivity contribution >= 4 is 23.0 Å². The lowest BCUT2D eigenvalue weighted by molar-refractivity contribution is 0.717. The van der Waals surface area contributed by atoms with Crippen molar-refractivity contribution in [2.24, 2.45) is 0 Å². The van der Waals surface area contributed by atoms with Gasteiger partial charge in [-0.25, -0.2) is 0 Å². The maximum atomic E-state index is 5.39. The van der Waals surface area contributed by atoms with E-state index in [4.69, 9.17) is 12.2 Å². The van der Waals surface area contributed by atoms with E-state index >= 15 is 0 Å². The SMILES string of the molecule is CCc1ccc(NC(=S)N[C@@H](C)c2ccccc2C)cc1. The van der Waals surface area contributed by atoms with Crippen LogP contribution in [-0.2, 0) is 6.42 Å². The summed E-state index contributed by atoms with van der Waals surface area (Å²) in [7, 11) is 0. The van der Waals surface area contributed by atoms with Gasteiger partial charge >= 0.3 is 0 Å². The molecule has 1 atom stereocenters. The molecule has 0 spiro atoms. The van der Waals surface area contributed by atoms with Gasteiger partial charge in [-0.15, -0.1) is 0 Å². The van der Waals surface area contributed by atoms with Gasteiger partial charge in [0.25, 0.3) is 0 Å². The van der Waals surface area contributed by atoms with Gasteiger partial charge in [0, 0.05) is 5.69 Å². The first-order chi connectivity index (χ1) is 10.1. The minimum Gasteiger partial charge on any atom is -0.356 e. The summed E-state index contributed by atoms with van der Waals surface area (Å²) in [6, 6.07) is 16.9. The molecule has 0 fully saturated rings. The molecule has 110 valence electrons. The van der Waals surface area contributed by atoms with Gasteiger partial charge in [-0.1, -0.05) is 43.3 Å². The number of nitrogens with one attached hydrogen (secondary N) is 2. The van der Waals surface area contributed by atoms with Gasteiger partial charge in [0.1, 0.15) is 0 Å². The van der Waals surface area contributed by atoms with Crippen LogP contribution in [0.2, 0.25) is 0 Å². The number of hydrogen-bond acceptors (Lipinski definition) is 1. The normalized spacial score (nSPS) is 11.8. The molecular weight excluding hydrogens is 276 g/mol. The van der Waals surface area contributed by atoms with E-state index in [0.717, 1.165) is 12.1 Å². The van der Waals surface area contributed by atoms with E-state index < -0.39 is 0 Å². The summed E-state index contributed by atoms with van der Waals surface area (Å²) in [4.78, 5) is 0. The lowest BCUT2D eigenvalue weighted by Crippen LogP contribution is -2.31. The van der Waals surface area contributed by atoms with Gasteiger partial charge in [-0.3, -0.25) is 0 Å². The fourth-order valence-electron chi connectivity index (χ4n) is 2.34. The van der Waals surface area contributed by atoms with Crippen LogP contribution >= 0.6 is 12.2 Å². The standard InChI is InChI=1S/C18H22N2S/c1-4-15-9-11-16(12-10-15)20-18(21)19-14(3)17-8-6-5-7-13(17)2/h5-12,14H,4H2,1-3H3,(H2,19,20,21)/t14-/m0/s1. The number of hydrogen-bond donors (Lipinski definition) is 2. The summed E-state index contributed by atoms with van der Waals surface area (Å²) >= 11 is 5.39. The predicted octanol–water partition coefficient (Wildman–Crippen LogP) is 4.61. The van der Waals surface area contributed by atoms with Gasteiger partial charge in [0.05, 0.1) is 6.04 Å². The van der Waals surface area contributed by atoms with Crippen LogP contribution < -0.4 is 10.6 Å². The van der Waals surface area contributed by atoms with Crippen LogP contribution in [0.5, 0.6) is 0 Å². The molecule has 0 aromatic heterocycles. The lowest BCUT2D eigenvalue weighted by Gasteiger charge is -2.19. The van der Waals surface area contributed by atoms with Crippen molar-refractivity contribution in [2.75, 3.05) is 5.32 Å². The number of benzene rings is 2. The monoisotopic (exact) mass is 298 g/mol. The van der Waals surface area contributed by atoms with Crippen LogP contribution in [0.15, 0.2) is 48.5 Å². The lowest BCUT2D eigenvalue weighted by atomic mass is 10.0. The Morgan fingerprint density at radius 1 is 1.10 bits per heavy atom. The Bertz CT molecular complexity index is 605. The number of rotatable bonds is 4. The summed E-state index contributed by atoms with van der Waals surface area (Å²) < 4.78 is 0. The van der Waals surface area contributed by atoms with Gasteiger partial charge in [0.2, 0.25) is 0 Å². The molecule has 0 saturated heterocycles. The number of anilines is 1. The van der Waals surface area contributed by atoms with Crippen LogP contribution in [0.25, 0.3) is 0 Å². The number of aryl methyl sites for hydroxylation is 2. The third-order valence-electron chi connectivity index (χ3n) is 3.62. The zero-order valence-corrected chi connectivity index (χ0v) is 13.6. The molecule has 0 aliphatic carbocycles. The Morgan fingerprint density at radius 3 is 2.38 bits per heavy atom. The second-order valence-electron chi connectivity index (χ2n) is 5.23. The fourth-order valence-corrected chi connectivity index (χ4v) is 2.63. The smallest absolute Gasteiger partial charge is 0.171 e. The van der Waals surface area contributed by atoms with Crippen LogP contribution in [-0.4, -0.2) is 5.11 Å². The van der Waals surface area contributed by atoms with E-state index in [2.05, 4.69) is 79.9 Å². The van der Waals surface area contributed by atoms with Crippen molar-refractivity contribution in [1.29, 1.82) is 0 Å². The van der Waals surface area contributed by atoms with Crippen molar-refractivity contribution in [3.05, 3.63) is 65.2 Å². The zero-order valence-electron chi connectivity index (χ0n) is 12.8. The van der Waals surface area contributed by atoms with Crippen molar-refractivity contribution in [2.45, 2.75) is 33.2 Å². The molecule has 21 heavy (non-hydrogen) atoms. The molecule has 2 rings (SSSR count). The van der Waals surface area contributed by atoms with Gasteiger partial charge in [-0.05, 0) is 61.3 Å². The summed E-state index contributed by atoms with van der Waals surface area (Å²) in [6.45, 7) is 6.39. The van der Waals surface area contributed by atoms with E-state index in [-0.39, 0.29) is 6.04 Å². The molecular formula is C18H22N2S. The quantitative estimate of drug-likeness (QED) is 0.806. The van der Waals surface area contributed by atoms with Crippen LogP contribution in [0.4, 0.5) is 5.69 Å². The highest BCUT2D eigenvalue weighted by molar-refractivity contribution is 7.80. The molecule has 2 nitrogen and oxygen atoms in total. The van der Waals surface area contributed by atoms with E-state index in [1.165, 1.54) is 16.7 Å². The predicted molar refractivity (Wildman–Crippen MR) is 94.8 cm³/mol. The second-order valence-corrected chi connectivity index (χ2v) is 5.64. The van der Waals surface area contributed by atoms with Crippen molar-refractivity contribution in [1.82, 2.24) is 5.32 Å². The van der Waals surface area contributed by atoms with Gasteiger partial charge in [-0.2, -0.15) is 0 Å². The van der Waals surface area contributed by atoms with Gasteiger partial charge in [0.15, 0.2) is 5.11 Å². The molecule has 2 N–H and O–H groups in total. The Balaban J connectivity index is 1.96. The molecule has 0 amide bonds. The van der Waals surface area contributed by atoms with Crippen LogP contribution in [0, 0.1) is 6.92 Å². The highest BCUT2D eigenvalue weighted by atomic mass is 32.1. The molecule has 0 aliphatic heterocycles. The Morgan fingerprint density at radius 2 is 1.76 bits per heavy atom. The van der Waals surface area contributed by atoms with Crippen molar-refractivity contribution in [3.63, 3.8) is 0 Å². The molecule has 0 aliphatic rings. The second kappa shape index (κ2) is 7.23. The Hall–Kier alpha value is -1.87. The molecule has 3 heteroatoms. The molecule has 0 bridgehead atoms. The minimum absolute atomic E-state index is 0.182.